The molecule has 1 aliphatic rings. The molecule has 28 heavy (non-hydrogen) atoms. The van der Waals surface area contributed by atoms with Crippen LogP contribution in [0, 0.1) is 12.7 Å². The van der Waals surface area contributed by atoms with E-state index in [0.717, 1.165) is 42.0 Å². The van der Waals surface area contributed by atoms with Gasteiger partial charge in [0.1, 0.15) is 12.4 Å². The van der Waals surface area contributed by atoms with E-state index in [9.17, 15) is 17.6 Å². The van der Waals surface area contributed by atoms with Gasteiger partial charge in [-0.2, -0.15) is 0 Å². The normalized spacial score (nSPS) is 15.2. The first-order chi connectivity index (χ1) is 13.4. The fourth-order valence-electron chi connectivity index (χ4n) is 3.41. The zero-order valence-corrected chi connectivity index (χ0v) is 16.7. The fraction of sp³-hybridized carbons (Fsp3) is 0.381. The van der Waals surface area contributed by atoms with Crippen LogP contribution >= 0.6 is 0 Å². The zero-order valence-electron chi connectivity index (χ0n) is 15.9. The molecule has 5 nitrogen and oxygen atoms in total. The third-order valence-corrected chi connectivity index (χ3v) is 6.77. The van der Waals surface area contributed by atoms with Crippen LogP contribution in [-0.2, 0) is 14.8 Å². The van der Waals surface area contributed by atoms with Gasteiger partial charge in [-0.25, -0.2) is 12.8 Å². The fourth-order valence-corrected chi connectivity index (χ4v) is 4.83. The maximum absolute atomic E-state index is 13.3. The van der Waals surface area contributed by atoms with Crippen molar-refractivity contribution in [2.45, 2.75) is 50.0 Å². The molecule has 150 valence electrons. The topological polar surface area (TPSA) is 66.5 Å². The predicted octanol–water partition coefficient (Wildman–Crippen LogP) is 3.78. The van der Waals surface area contributed by atoms with Gasteiger partial charge in [-0.3, -0.25) is 9.10 Å². The second-order valence-electron chi connectivity index (χ2n) is 7.20. The Morgan fingerprint density at radius 1 is 1.04 bits per heavy atom. The number of benzene rings is 2. The number of nitrogens with zero attached hydrogens (tertiary/aromatic N) is 1. The van der Waals surface area contributed by atoms with Gasteiger partial charge in [0.2, 0.25) is 5.91 Å². The van der Waals surface area contributed by atoms with Crippen LogP contribution in [0.15, 0.2) is 53.4 Å². The summed E-state index contributed by atoms with van der Waals surface area (Å²) in [4.78, 5) is 12.7. The van der Waals surface area contributed by atoms with Crippen LogP contribution in [0.5, 0.6) is 0 Å². The van der Waals surface area contributed by atoms with Crippen molar-refractivity contribution in [1.29, 1.82) is 0 Å². The molecule has 1 fully saturated rings. The van der Waals surface area contributed by atoms with Gasteiger partial charge in [-0.1, -0.05) is 37.0 Å². The number of nitrogens with one attached hydrogen (secondary N) is 1. The molecule has 0 unspecified atom stereocenters. The van der Waals surface area contributed by atoms with Crippen molar-refractivity contribution in [2.24, 2.45) is 0 Å². The van der Waals surface area contributed by atoms with Gasteiger partial charge in [0, 0.05) is 6.04 Å². The molecule has 2 aromatic carbocycles. The van der Waals surface area contributed by atoms with Crippen LogP contribution in [0.3, 0.4) is 0 Å². The van der Waals surface area contributed by atoms with Crippen molar-refractivity contribution in [3.63, 3.8) is 0 Å². The maximum atomic E-state index is 13.3. The minimum Gasteiger partial charge on any atom is -0.352 e. The number of hydrogen-bond acceptors (Lipinski definition) is 3. The molecule has 0 radical (unpaired) electrons. The Hall–Kier alpha value is -2.41. The lowest BCUT2D eigenvalue weighted by molar-refractivity contribution is -0.120. The molecule has 1 aliphatic carbocycles. The molecular weight excluding hydrogens is 379 g/mol. The number of anilines is 1. The first kappa shape index (κ1) is 20.3. The highest BCUT2D eigenvalue weighted by Crippen LogP contribution is 2.24. The molecule has 0 atom stereocenters. The highest BCUT2D eigenvalue weighted by Gasteiger charge is 2.28. The van der Waals surface area contributed by atoms with Crippen molar-refractivity contribution in [3.05, 3.63) is 59.9 Å². The van der Waals surface area contributed by atoms with Crippen LogP contribution in [0.25, 0.3) is 0 Å². The molecule has 0 bridgehead atoms. The number of carbonyl (C=O) groups excluding carboxylic acids is 1. The first-order valence-corrected chi connectivity index (χ1v) is 10.9. The van der Waals surface area contributed by atoms with E-state index in [1.165, 1.54) is 36.4 Å². The number of aryl methyl sites for hydroxylation is 1. The number of sulfonamides is 1. The number of halogens is 1. The minimum atomic E-state index is -3.97. The highest BCUT2D eigenvalue weighted by atomic mass is 32.2. The average Bonchev–Trinajstić information content (AvgIpc) is 2.68. The Bertz CT molecular complexity index is 906. The molecule has 0 heterocycles. The van der Waals surface area contributed by atoms with Gasteiger partial charge in [0.15, 0.2) is 0 Å². The Morgan fingerprint density at radius 3 is 2.25 bits per heavy atom. The van der Waals surface area contributed by atoms with Crippen LogP contribution in [0.2, 0.25) is 0 Å². The molecule has 0 aliphatic heterocycles. The molecule has 3 rings (SSSR count). The summed E-state index contributed by atoms with van der Waals surface area (Å²) in [7, 11) is -3.97. The standard InChI is InChI=1S/C21H25FN2O3S/c1-16-7-13-20(14-8-16)28(26,27)24(19-11-9-17(22)10-12-19)15-21(25)23-18-5-3-2-4-6-18/h7-14,18H,2-6,15H2,1H3,(H,23,25). The Labute approximate surface area is 165 Å². The Balaban J connectivity index is 1.87. The van der Waals surface area contributed by atoms with E-state index in [4.69, 9.17) is 0 Å². The number of rotatable bonds is 6. The lowest BCUT2D eigenvalue weighted by Crippen LogP contribution is -2.44. The molecule has 0 aromatic heterocycles. The van der Waals surface area contributed by atoms with Gasteiger partial charge in [-0.15, -0.1) is 0 Å². The molecular formula is C21H25FN2O3S. The van der Waals surface area contributed by atoms with Crippen LogP contribution in [0.1, 0.15) is 37.7 Å². The van der Waals surface area contributed by atoms with E-state index < -0.39 is 15.8 Å². The van der Waals surface area contributed by atoms with Crippen molar-refractivity contribution in [2.75, 3.05) is 10.8 Å². The lowest BCUT2D eigenvalue weighted by atomic mass is 9.95. The van der Waals surface area contributed by atoms with Crippen molar-refractivity contribution in [3.8, 4) is 0 Å². The molecule has 1 saturated carbocycles. The minimum absolute atomic E-state index is 0.0818. The van der Waals surface area contributed by atoms with Gasteiger partial charge in [0.25, 0.3) is 10.0 Å². The summed E-state index contributed by atoms with van der Waals surface area (Å²) in [6, 6.07) is 11.6. The number of hydrogen-bond donors (Lipinski definition) is 1. The summed E-state index contributed by atoms with van der Waals surface area (Å²) >= 11 is 0. The Kier molecular flexibility index (Phi) is 6.34. The smallest absolute Gasteiger partial charge is 0.264 e. The van der Waals surface area contributed by atoms with Crippen molar-refractivity contribution < 1.29 is 17.6 Å². The predicted molar refractivity (Wildman–Crippen MR) is 107 cm³/mol. The van der Waals surface area contributed by atoms with E-state index in [1.807, 2.05) is 6.92 Å². The summed E-state index contributed by atoms with van der Waals surface area (Å²) in [5, 5.41) is 2.94. The summed E-state index contributed by atoms with van der Waals surface area (Å²) in [6.07, 6.45) is 5.11. The van der Waals surface area contributed by atoms with E-state index in [-0.39, 0.29) is 29.1 Å². The third kappa shape index (κ3) is 4.90. The van der Waals surface area contributed by atoms with Crippen LogP contribution in [0.4, 0.5) is 10.1 Å². The second kappa shape index (κ2) is 8.73. The first-order valence-electron chi connectivity index (χ1n) is 9.50. The highest BCUT2D eigenvalue weighted by molar-refractivity contribution is 7.92. The molecule has 0 saturated heterocycles. The average molecular weight is 405 g/mol. The number of carbonyl (C=O) groups is 1. The summed E-state index contributed by atoms with van der Waals surface area (Å²) in [5.74, 6) is -0.824. The largest absolute Gasteiger partial charge is 0.352 e. The molecule has 2 aromatic rings. The van der Waals surface area contributed by atoms with Crippen LogP contribution in [-0.4, -0.2) is 26.9 Å². The summed E-state index contributed by atoms with van der Waals surface area (Å²) in [6.45, 7) is 1.52. The molecule has 1 amide bonds. The van der Waals surface area contributed by atoms with Crippen LogP contribution < -0.4 is 9.62 Å². The van der Waals surface area contributed by atoms with Gasteiger partial charge in [0.05, 0.1) is 10.6 Å². The number of amides is 1. The van der Waals surface area contributed by atoms with Crippen molar-refractivity contribution in [1.82, 2.24) is 5.32 Å². The Morgan fingerprint density at radius 2 is 1.64 bits per heavy atom. The maximum Gasteiger partial charge on any atom is 0.264 e. The summed E-state index contributed by atoms with van der Waals surface area (Å²) < 4.78 is 40.8. The van der Waals surface area contributed by atoms with E-state index in [1.54, 1.807) is 12.1 Å². The monoisotopic (exact) mass is 404 g/mol. The van der Waals surface area contributed by atoms with Gasteiger partial charge < -0.3 is 5.32 Å². The van der Waals surface area contributed by atoms with E-state index in [0.29, 0.717) is 0 Å². The zero-order chi connectivity index (χ0) is 20.1. The molecule has 7 heteroatoms. The molecule has 0 spiro atoms. The third-order valence-electron chi connectivity index (χ3n) is 4.98. The van der Waals surface area contributed by atoms with Crippen molar-refractivity contribution >= 4 is 21.6 Å². The van der Waals surface area contributed by atoms with Gasteiger partial charge in [-0.05, 0) is 56.2 Å². The SMILES string of the molecule is Cc1ccc(S(=O)(=O)N(CC(=O)NC2CCCCC2)c2ccc(F)cc2)cc1. The molecule has 1 N–H and O–H groups in total. The van der Waals surface area contributed by atoms with E-state index in [2.05, 4.69) is 5.32 Å². The van der Waals surface area contributed by atoms with E-state index >= 15 is 0 Å². The summed E-state index contributed by atoms with van der Waals surface area (Å²) in [5.41, 5.74) is 1.18. The lowest BCUT2D eigenvalue weighted by Gasteiger charge is -2.27. The second-order valence-corrected chi connectivity index (χ2v) is 9.07. The quantitative estimate of drug-likeness (QED) is 0.797. The van der Waals surface area contributed by atoms with Gasteiger partial charge >= 0.3 is 0 Å².